The van der Waals surface area contributed by atoms with E-state index in [1.807, 2.05) is 12.1 Å². The van der Waals surface area contributed by atoms with E-state index in [0.717, 1.165) is 12.8 Å². The molecule has 0 bridgehead atoms. The fourth-order valence-electron chi connectivity index (χ4n) is 1.87. The Hall–Kier alpha value is -1.35. The number of fused-ring (bicyclic) bond motifs is 1. The molecule has 3 nitrogen and oxygen atoms in total. The molecule has 2 N–H and O–H groups in total. The van der Waals surface area contributed by atoms with Gasteiger partial charge in [0.2, 0.25) is 0 Å². The average molecular weight is 205 g/mol. The fourth-order valence-corrected chi connectivity index (χ4v) is 1.87. The molecule has 0 saturated heterocycles. The van der Waals surface area contributed by atoms with Crippen LogP contribution in [0.2, 0.25) is 0 Å². The molecule has 0 fully saturated rings. The predicted molar refractivity (Wildman–Crippen MR) is 57.4 cm³/mol. The van der Waals surface area contributed by atoms with Gasteiger partial charge < -0.3 is 10.5 Å². The molecule has 1 atom stereocenters. The van der Waals surface area contributed by atoms with E-state index in [4.69, 9.17) is 10.5 Å². The first-order chi connectivity index (χ1) is 7.16. The van der Waals surface area contributed by atoms with E-state index < -0.39 is 6.04 Å². The van der Waals surface area contributed by atoms with Gasteiger partial charge in [-0.15, -0.1) is 0 Å². The molecule has 1 aliphatic rings. The standard InChI is InChI=1S/C12H15NO2/c1-8(13)12(14)15-11-6-9-4-2-3-5-10(9)7-11/h2-5,8,11H,6-7,13H2,1H3. The molecule has 0 spiro atoms. The summed E-state index contributed by atoms with van der Waals surface area (Å²) in [5.74, 6) is -0.312. The van der Waals surface area contributed by atoms with Gasteiger partial charge in [-0.2, -0.15) is 0 Å². The molecule has 1 aromatic carbocycles. The van der Waals surface area contributed by atoms with Crippen molar-refractivity contribution in [3.63, 3.8) is 0 Å². The van der Waals surface area contributed by atoms with Crippen LogP contribution in [0.3, 0.4) is 0 Å². The first kappa shape index (κ1) is 10.2. The molecule has 1 aliphatic carbocycles. The van der Waals surface area contributed by atoms with E-state index in [2.05, 4.69) is 12.1 Å². The summed E-state index contributed by atoms with van der Waals surface area (Å²) in [6, 6.07) is 7.64. The van der Waals surface area contributed by atoms with E-state index in [-0.39, 0.29) is 12.1 Å². The van der Waals surface area contributed by atoms with Crippen molar-refractivity contribution < 1.29 is 9.53 Å². The molecular formula is C12H15NO2. The Bertz CT molecular complexity index is 349. The minimum atomic E-state index is -0.534. The van der Waals surface area contributed by atoms with Gasteiger partial charge in [0, 0.05) is 12.8 Å². The summed E-state index contributed by atoms with van der Waals surface area (Å²) in [5.41, 5.74) is 8.00. The Labute approximate surface area is 89.2 Å². The van der Waals surface area contributed by atoms with Gasteiger partial charge in [-0.25, -0.2) is 0 Å². The lowest BCUT2D eigenvalue weighted by Crippen LogP contribution is -2.32. The first-order valence-corrected chi connectivity index (χ1v) is 5.19. The summed E-state index contributed by atoms with van der Waals surface area (Å²) in [6.45, 7) is 1.64. The summed E-state index contributed by atoms with van der Waals surface area (Å²) >= 11 is 0. The highest BCUT2D eigenvalue weighted by Crippen LogP contribution is 2.23. The fraction of sp³-hybridized carbons (Fsp3) is 0.417. The minimum absolute atomic E-state index is 0.0269. The Morgan fingerprint density at radius 3 is 2.40 bits per heavy atom. The quantitative estimate of drug-likeness (QED) is 0.734. The second-order valence-corrected chi connectivity index (χ2v) is 4.02. The molecule has 0 heterocycles. The zero-order valence-corrected chi connectivity index (χ0v) is 8.77. The topological polar surface area (TPSA) is 52.3 Å². The maximum absolute atomic E-state index is 11.3. The van der Waals surface area contributed by atoms with Crippen molar-refractivity contribution in [2.24, 2.45) is 5.73 Å². The lowest BCUT2D eigenvalue weighted by molar-refractivity contribution is -0.149. The number of rotatable bonds is 2. The summed E-state index contributed by atoms with van der Waals surface area (Å²) in [6.07, 6.45) is 1.60. The van der Waals surface area contributed by atoms with Crippen LogP contribution in [0.5, 0.6) is 0 Å². The third-order valence-corrected chi connectivity index (χ3v) is 2.67. The number of benzene rings is 1. The van der Waals surface area contributed by atoms with Crippen LogP contribution in [0.4, 0.5) is 0 Å². The Kier molecular flexibility index (Phi) is 2.73. The third-order valence-electron chi connectivity index (χ3n) is 2.67. The van der Waals surface area contributed by atoms with Crippen LogP contribution in [-0.4, -0.2) is 18.1 Å². The summed E-state index contributed by atoms with van der Waals surface area (Å²) < 4.78 is 5.29. The van der Waals surface area contributed by atoms with Gasteiger partial charge >= 0.3 is 5.97 Å². The number of hydrogen-bond acceptors (Lipinski definition) is 3. The van der Waals surface area contributed by atoms with Crippen LogP contribution in [0.1, 0.15) is 18.1 Å². The number of esters is 1. The van der Waals surface area contributed by atoms with E-state index in [1.54, 1.807) is 6.92 Å². The molecule has 15 heavy (non-hydrogen) atoms. The monoisotopic (exact) mass is 205 g/mol. The van der Waals surface area contributed by atoms with Crippen molar-refractivity contribution >= 4 is 5.97 Å². The van der Waals surface area contributed by atoms with Crippen LogP contribution in [-0.2, 0) is 22.4 Å². The second kappa shape index (κ2) is 4.03. The normalized spacial score (nSPS) is 17.2. The molecular weight excluding hydrogens is 190 g/mol. The van der Waals surface area contributed by atoms with Crippen LogP contribution in [0.15, 0.2) is 24.3 Å². The van der Waals surface area contributed by atoms with Crippen molar-refractivity contribution in [2.75, 3.05) is 0 Å². The van der Waals surface area contributed by atoms with Gasteiger partial charge in [0.25, 0.3) is 0 Å². The van der Waals surface area contributed by atoms with Crippen LogP contribution in [0, 0.1) is 0 Å². The van der Waals surface area contributed by atoms with Gasteiger partial charge in [-0.3, -0.25) is 4.79 Å². The highest BCUT2D eigenvalue weighted by Gasteiger charge is 2.25. The second-order valence-electron chi connectivity index (χ2n) is 4.02. The zero-order chi connectivity index (χ0) is 10.8. The molecule has 0 amide bonds. The molecule has 3 heteroatoms. The van der Waals surface area contributed by atoms with E-state index in [1.165, 1.54) is 11.1 Å². The number of carbonyl (C=O) groups excluding carboxylic acids is 1. The lowest BCUT2D eigenvalue weighted by atomic mass is 10.1. The predicted octanol–water partition coefficient (Wildman–Crippen LogP) is 1.04. The third kappa shape index (κ3) is 2.18. The van der Waals surface area contributed by atoms with Crippen LogP contribution < -0.4 is 5.73 Å². The highest BCUT2D eigenvalue weighted by atomic mass is 16.5. The van der Waals surface area contributed by atoms with Crippen molar-refractivity contribution in [3.05, 3.63) is 35.4 Å². The molecule has 0 saturated carbocycles. The van der Waals surface area contributed by atoms with Gasteiger partial charge in [-0.1, -0.05) is 24.3 Å². The van der Waals surface area contributed by atoms with E-state index in [0.29, 0.717) is 0 Å². The minimum Gasteiger partial charge on any atom is -0.461 e. The average Bonchev–Trinajstić information content (AvgIpc) is 2.59. The summed E-state index contributed by atoms with van der Waals surface area (Å²) in [5, 5.41) is 0. The Morgan fingerprint density at radius 1 is 1.40 bits per heavy atom. The summed E-state index contributed by atoms with van der Waals surface area (Å²) in [7, 11) is 0. The van der Waals surface area contributed by atoms with Gasteiger partial charge in [0.15, 0.2) is 0 Å². The van der Waals surface area contributed by atoms with Gasteiger partial charge in [0.1, 0.15) is 12.1 Å². The highest BCUT2D eigenvalue weighted by molar-refractivity contribution is 5.75. The number of ether oxygens (including phenoxy) is 1. The van der Waals surface area contributed by atoms with Crippen molar-refractivity contribution in [2.45, 2.75) is 31.9 Å². The van der Waals surface area contributed by atoms with Crippen molar-refractivity contribution in [1.29, 1.82) is 0 Å². The number of hydrogen-bond donors (Lipinski definition) is 1. The SMILES string of the molecule is CC(N)C(=O)OC1Cc2ccccc2C1. The van der Waals surface area contributed by atoms with E-state index >= 15 is 0 Å². The largest absolute Gasteiger partial charge is 0.461 e. The Morgan fingerprint density at radius 2 is 1.93 bits per heavy atom. The molecule has 0 aliphatic heterocycles. The smallest absolute Gasteiger partial charge is 0.322 e. The van der Waals surface area contributed by atoms with Crippen LogP contribution in [0.25, 0.3) is 0 Å². The number of carbonyl (C=O) groups is 1. The molecule has 1 aromatic rings. The maximum Gasteiger partial charge on any atom is 0.322 e. The molecule has 2 rings (SSSR count). The molecule has 1 unspecified atom stereocenters. The van der Waals surface area contributed by atoms with Gasteiger partial charge in [-0.05, 0) is 18.1 Å². The van der Waals surface area contributed by atoms with Crippen molar-refractivity contribution in [1.82, 2.24) is 0 Å². The Balaban J connectivity index is 1.99. The van der Waals surface area contributed by atoms with Crippen LogP contribution >= 0.6 is 0 Å². The number of nitrogens with two attached hydrogens (primary N) is 1. The zero-order valence-electron chi connectivity index (χ0n) is 8.77. The maximum atomic E-state index is 11.3. The molecule has 0 aromatic heterocycles. The lowest BCUT2D eigenvalue weighted by Gasteiger charge is -2.12. The van der Waals surface area contributed by atoms with E-state index in [9.17, 15) is 4.79 Å². The van der Waals surface area contributed by atoms with Crippen molar-refractivity contribution in [3.8, 4) is 0 Å². The summed E-state index contributed by atoms with van der Waals surface area (Å²) in [4.78, 5) is 11.3. The molecule has 80 valence electrons. The van der Waals surface area contributed by atoms with Gasteiger partial charge in [0.05, 0.1) is 0 Å². The molecule has 0 radical (unpaired) electrons. The first-order valence-electron chi connectivity index (χ1n) is 5.19.